The number of rotatable bonds is 6. The first-order valence-electron chi connectivity index (χ1n) is 6.94. The van der Waals surface area contributed by atoms with E-state index in [4.69, 9.17) is 14.2 Å². The SMILES string of the molecule is CCOC(=O)CC(=O)c1c(OC)cc(OC)c2ccccc12. The molecule has 2 aromatic rings. The van der Waals surface area contributed by atoms with Crippen molar-refractivity contribution in [1.29, 1.82) is 0 Å². The highest BCUT2D eigenvalue weighted by Crippen LogP contribution is 2.36. The predicted octanol–water partition coefficient (Wildman–Crippen LogP) is 2.99. The lowest BCUT2D eigenvalue weighted by Crippen LogP contribution is -2.13. The number of carbonyl (C=O) groups is 2. The van der Waals surface area contributed by atoms with E-state index in [2.05, 4.69) is 0 Å². The minimum absolute atomic E-state index is 0.243. The topological polar surface area (TPSA) is 61.8 Å². The number of fused-ring (bicyclic) bond motifs is 1. The maximum atomic E-state index is 12.5. The van der Waals surface area contributed by atoms with Crippen molar-refractivity contribution in [1.82, 2.24) is 0 Å². The van der Waals surface area contributed by atoms with Crippen LogP contribution in [-0.4, -0.2) is 32.6 Å². The third-order valence-corrected chi connectivity index (χ3v) is 3.30. The van der Waals surface area contributed by atoms with Crippen molar-refractivity contribution in [3.8, 4) is 11.5 Å². The molecule has 0 unspecified atom stereocenters. The first kappa shape index (κ1) is 15.8. The van der Waals surface area contributed by atoms with Gasteiger partial charge >= 0.3 is 5.97 Å². The van der Waals surface area contributed by atoms with Gasteiger partial charge in [0.1, 0.15) is 17.9 Å². The first-order chi connectivity index (χ1) is 10.6. The number of Topliss-reactive ketones (excluding diaryl/α,β-unsaturated/α-hetero) is 1. The molecule has 0 N–H and O–H groups in total. The van der Waals surface area contributed by atoms with Gasteiger partial charge in [-0.15, -0.1) is 0 Å². The summed E-state index contributed by atoms with van der Waals surface area (Å²) in [6.07, 6.45) is -0.319. The molecule has 0 aliphatic heterocycles. The Bertz CT molecular complexity index is 706. The molecule has 0 fully saturated rings. The normalized spacial score (nSPS) is 10.3. The highest BCUT2D eigenvalue weighted by molar-refractivity contribution is 6.16. The van der Waals surface area contributed by atoms with Gasteiger partial charge in [0.2, 0.25) is 0 Å². The number of ether oxygens (including phenoxy) is 3. The quantitative estimate of drug-likeness (QED) is 0.466. The molecular weight excluding hydrogens is 284 g/mol. The molecule has 2 rings (SSSR count). The van der Waals surface area contributed by atoms with Crippen LogP contribution in [0.1, 0.15) is 23.7 Å². The Kier molecular flexibility index (Phi) is 4.99. The summed E-state index contributed by atoms with van der Waals surface area (Å²) in [4.78, 5) is 24.1. The van der Waals surface area contributed by atoms with Crippen LogP contribution in [0.15, 0.2) is 30.3 Å². The maximum absolute atomic E-state index is 12.5. The van der Waals surface area contributed by atoms with E-state index in [-0.39, 0.29) is 18.8 Å². The van der Waals surface area contributed by atoms with E-state index >= 15 is 0 Å². The molecule has 0 heterocycles. The summed E-state index contributed by atoms with van der Waals surface area (Å²) in [7, 11) is 3.03. The van der Waals surface area contributed by atoms with Gasteiger partial charge in [-0.05, 0) is 12.3 Å². The van der Waals surface area contributed by atoms with E-state index in [1.807, 2.05) is 18.2 Å². The number of ketones is 1. The van der Waals surface area contributed by atoms with Crippen molar-refractivity contribution in [2.75, 3.05) is 20.8 Å². The van der Waals surface area contributed by atoms with Crippen molar-refractivity contribution in [3.63, 3.8) is 0 Å². The molecule has 0 radical (unpaired) electrons. The van der Waals surface area contributed by atoms with Crippen LogP contribution in [0.5, 0.6) is 11.5 Å². The average molecular weight is 302 g/mol. The van der Waals surface area contributed by atoms with Crippen LogP contribution in [0, 0.1) is 0 Å². The zero-order valence-electron chi connectivity index (χ0n) is 12.8. The Hall–Kier alpha value is -2.56. The van der Waals surface area contributed by atoms with Gasteiger partial charge in [-0.3, -0.25) is 9.59 Å². The van der Waals surface area contributed by atoms with Crippen LogP contribution in [0.4, 0.5) is 0 Å². The van der Waals surface area contributed by atoms with Gasteiger partial charge in [0, 0.05) is 11.5 Å². The molecule has 0 aliphatic carbocycles. The van der Waals surface area contributed by atoms with Gasteiger partial charge < -0.3 is 14.2 Å². The van der Waals surface area contributed by atoms with Crippen LogP contribution >= 0.6 is 0 Å². The second-order valence-electron chi connectivity index (χ2n) is 4.61. The molecule has 0 spiro atoms. The monoisotopic (exact) mass is 302 g/mol. The van der Waals surface area contributed by atoms with Crippen LogP contribution in [0.2, 0.25) is 0 Å². The minimum atomic E-state index is -0.547. The van der Waals surface area contributed by atoms with Crippen molar-refractivity contribution >= 4 is 22.5 Å². The average Bonchev–Trinajstić information content (AvgIpc) is 2.53. The number of hydrogen-bond donors (Lipinski definition) is 0. The Labute approximate surface area is 128 Å². The van der Waals surface area contributed by atoms with Crippen molar-refractivity contribution in [3.05, 3.63) is 35.9 Å². The smallest absolute Gasteiger partial charge is 0.313 e. The summed E-state index contributed by atoms with van der Waals surface area (Å²) in [6, 6.07) is 8.99. The third-order valence-electron chi connectivity index (χ3n) is 3.30. The summed E-state index contributed by atoms with van der Waals surface area (Å²) in [5.41, 5.74) is 0.368. The zero-order valence-corrected chi connectivity index (χ0v) is 12.8. The van der Waals surface area contributed by atoms with Crippen molar-refractivity contribution in [2.45, 2.75) is 13.3 Å². The molecule has 22 heavy (non-hydrogen) atoms. The number of carbonyl (C=O) groups excluding carboxylic acids is 2. The second-order valence-corrected chi connectivity index (χ2v) is 4.61. The van der Waals surface area contributed by atoms with E-state index < -0.39 is 5.97 Å². The van der Waals surface area contributed by atoms with Crippen LogP contribution in [0.25, 0.3) is 10.8 Å². The zero-order chi connectivity index (χ0) is 16.1. The summed E-state index contributed by atoms with van der Waals surface area (Å²) in [5.74, 6) is 0.105. The van der Waals surface area contributed by atoms with E-state index in [9.17, 15) is 9.59 Å². The molecule has 0 aliphatic rings. The number of benzene rings is 2. The number of esters is 1. The molecule has 0 amide bonds. The lowest BCUT2D eigenvalue weighted by Gasteiger charge is -2.14. The fourth-order valence-electron chi connectivity index (χ4n) is 2.37. The van der Waals surface area contributed by atoms with E-state index in [1.165, 1.54) is 7.11 Å². The molecule has 5 nitrogen and oxygen atoms in total. The predicted molar refractivity (Wildman–Crippen MR) is 82.6 cm³/mol. The molecular formula is C17H18O5. The summed E-state index contributed by atoms with van der Waals surface area (Å²) < 4.78 is 15.5. The molecule has 0 aromatic heterocycles. The fourth-order valence-corrected chi connectivity index (χ4v) is 2.37. The van der Waals surface area contributed by atoms with Crippen LogP contribution in [-0.2, 0) is 9.53 Å². The van der Waals surface area contributed by atoms with E-state index in [0.717, 1.165) is 5.39 Å². The van der Waals surface area contributed by atoms with Gasteiger partial charge in [0.15, 0.2) is 5.78 Å². The third kappa shape index (κ3) is 3.03. The fraction of sp³-hybridized carbons (Fsp3) is 0.294. The van der Waals surface area contributed by atoms with E-state index in [0.29, 0.717) is 22.4 Å². The number of methoxy groups -OCH3 is 2. The van der Waals surface area contributed by atoms with Gasteiger partial charge in [0.05, 0.1) is 26.4 Å². The molecule has 0 saturated heterocycles. The van der Waals surface area contributed by atoms with Gasteiger partial charge in [0.25, 0.3) is 0 Å². The summed E-state index contributed by atoms with van der Waals surface area (Å²) in [6.45, 7) is 1.94. The van der Waals surface area contributed by atoms with Gasteiger partial charge in [-0.25, -0.2) is 0 Å². The summed E-state index contributed by atoms with van der Waals surface area (Å²) >= 11 is 0. The second kappa shape index (κ2) is 6.93. The highest BCUT2D eigenvalue weighted by atomic mass is 16.5. The van der Waals surface area contributed by atoms with Crippen molar-refractivity contribution in [2.24, 2.45) is 0 Å². The Morgan fingerprint density at radius 2 is 1.64 bits per heavy atom. The molecule has 5 heteroatoms. The van der Waals surface area contributed by atoms with E-state index in [1.54, 1.807) is 26.2 Å². The standard InChI is InChI=1S/C17H18O5/c1-4-22-16(19)9-13(18)17-12-8-6-5-7-11(12)14(20-2)10-15(17)21-3/h5-8,10H,4,9H2,1-3H3. The largest absolute Gasteiger partial charge is 0.496 e. The Morgan fingerprint density at radius 1 is 1.00 bits per heavy atom. The van der Waals surface area contributed by atoms with Gasteiger partial charge in [-0.2, -0.15) is 0 Å². The maximum Gasteiger partial charge on any atom is 0.313 e. The molecule has 0 saturated carbocycles. The molecule has 116 valence electrons. The highest BCUT2D eigenvalue weighted by Gasteiger charge is 2.21. The molecule has 2 aromatic carbocycles. The Morgan fingerprint density at radius 3 is 2.23 bits per heavy atom. The van der Waals surface area contributed by atoms with Crippen LogP contribution < -0.4 is 9.47 Å². The molecule has 0 atom stereocenters. The summed E-state index contributed by atoms with van der Waals surface area (Å²) in [5, 5.41) is 1.48. The first-order valence-corrected chi connectivity index (χ1v) is 6.94. The Balaban J connectivity index is 2.56. The number of hydrogen-bond acceptors (Lipinski definition) is 5. The van der Waals surface area contributed by atoms with Crippen molar-refractivity contribution < 1.29 is 23.8 Å². The lowest BCUT2D eigenvalue weighted by molar-refractivity contribution is -0.141. The minimum Gasteiger partial charge on any atom is -0.496 e. The van der Waals surface area contributed by atoms with Crippen LogP contribution in [0.3, 0.4) is 0 Å². The molecule has 0 bridgehead atoms. The van der Waals surface area contributed by atoms with Gasteiger partial charge in [-0.1, -0.05) is 24.3 Å². The lowest BCUT2D eigenvalue weighted by atomic mass is 9.98.